The van der Waals surface area contributed by atoms with E-state index in [0.717, 1.165) is 24.2 Å². The molecule has 0 spiro atoms. The summed E-state index contributed by atoms with van der Waals surface area (Å²) in [4.78, 5) is 0. The predicted molar refractivity (Wildman–Crippen MR) is 70.3 cm³/mol. The molecule has 80 valence electrons. The Bertz CT molecular complexity index is 338. The van der Waals surface area contributed by atoms with Crippen molar-refractivity contribution in [3.05, 3.63) is 35.4 Å². The SMILES string of the molecule is CC(C)Cc1ccc(C#CCCS)cc1. The van der Waals surface area contributed by atoms with Crippen LogP contribution in [0, 0.1) is 17.8 Å². The molecular formula is C14H18S. The van der Waals surface area contributed by atoms with Crippen molar-refractivity contribution >= 4 is 12.6 Å². The van der Waals surface area contributed by atoms with E-state index in [2.05, 4.69) is 62.6 Å². The van der Waals surface area contributed by atoms with Gasteiger partial charge in [-0.05, 0) is 30.0 Å². The highest BCUT2D eigenvalue weighted by Crippen LogP contribution is 2.09. The van der Waals surface area contributed by atoms with Crippen molar-refractivity contribution in [2.45, 2.75) is 26.7 Å². The van der Waals surface area contributed by atoms with E-state index in [-0.39, 0.29) is 0 Å². The van der Waals surface area contributed by atoms with Crippen molar-refractivity contribution in [2.24, 2.45) is 5.92 Å². The molecule has 1 rings (SSSR count). The van der Waals surface area contributed by atoms with Gasteiger partial charge in [0.25, 0.3) is 0 Å². The molecule has 0 bridgehead atoms. The van der Waals surface area contributed by atoms with E-state index in [1.54, 1.807) is 0 Å². The zero-order valence-electron chi connectivity index (χ0n) is 9.46. The van der Waals surface area contributed by atoms with E-state index in [9.17, 15) is 0 Å². The van der Waals surface area contributed by atoms with Crippen LogP contribution in [0.5, 0.6) is 0 Å². The fraction of sp³-hybridized carbons (Fsp3) is 0.429. The predicted octanol–water partition coefficient (Wildman–Crippen LogP) is 3.56. The van der Waals surface area contributed by atoms with Crippen LogP contribution in [0.3, 0.4) is 0 Å². The van der Waals surface area contributed by atoms with E-state index in [0.29, 0.717) is 5.92 Å². The lowest BCUT2D eigenvalue weighted by atomic mass is 10.0. The van der Waals surface area contributed by atoms with Crippen LogP contribution >= 0.6 is 12.6 Å². The molecule has 1 aromatic rings. The monoisotopic (exact) mass is 218 g/mol. The Morgan fingerprint density at radius 3 is 2.40 bits per heavy atom. The first-order valence-electron chi connectivity index (χ1n) is 5.41. The lowest BCUT2D eigenvalue weighted by Crippen LogP contribution is -1.93. The molecule has 0 saturated heterocycles. The smallest absolute Gasteiger partial charge is 0.0245 e. The van der Waals surface area contributed by atoms with Gasteiger partial charge >= 0.3 is 0 Å². The Kier molecular flexibility index (Phi) is 5.36. The van der Waals surface area contributed by atoms with Gasteiger partial charge in [0.15, 0.2) is 0 Å². The molecule has 0 aliphatic carbocycles. The summed E-state index contributed by atoms with van der Waals surface area (Å²) >= 11 is 4.12. The Labute approximate surface area is 98.5 Å². The molecule has 0 amide bonds. The Morgan fingerprint density at radius 1 is 1.20 bits per heavy atom. The van der Waals surface area contributed by atoms with Crippen LogP contribution in [0.4, 0.5) is 0 Å². The summed E-state index contributed by atoms with van der Waals surface area (Å²) in [5.74, 6) is 7.76. The van der Waals surface area contributed by atoms with Crippen molar-refractivity contribution in [3.8, 4) is 11.8 Å². The number of rotatable bonds is 3. The molecule has 0 unspecified atom stereocenters. The quantitative estimate of drug-likeness (QED) is 0.582. The summed E-state index contributed by atoms with van der Waals surface area (Å²) in [7, 11) is 0. The van der Waals surface area contributed by atoms with Gasteiger partial charge in [-0.25, -0.2) is 0 Å². The van der Waals surface area contributed by atoms with Crippen LogP contribution in [-0.4, -0.2) is 5.75 Å². The van der Waals surface area contributed by atoms with Gasteiger partial charge in [0.2, 0.25) is 0 Å². The lowest BCUT2D eigenvalue weighted by Gasteiger charge is -2.03. The summed E-state index contributed by atoms with van der Waals surface area (Å²) in [5, 5.41) is 0. The molecule has 0 heterocycles. The van der Waals surface area contributed by atoms with Gasteiger partial charge < -0.3 is 0 Å². The van der Waals surface area contributed by atoms with E-state index in [1.165, 1.54) is 5.56 Å². The van der Waals surface area contributed by atoms with Crippen molar-refractivity contribution in [3.63, 3.8) is 0 Å². The summed E-state index contributed by atoms with van der Waals surface area (Å²) in [5.41, 5.74) is 2.49. The number of hydrogen-bond donors (Lipinski definition) is 1. The average Bonchev–Trinajstić information content (AvgIpc) is 2.20. The zero-order chi connectivity index (χ0) is 11.1. The lowest BCUT2D eigenvalue weighted by molar-refractivity contribution is 0.647. The standard InChI is InChI=1S/C14H18S/c1-12(2)11-14-8-6-13(7-9-14)5-3-4-10-15/h6-9,12,15H,4,10-11H2,1-2H3. The molecule has 1 heteroatoms. The summed E-state index contributed by atoms with van der Waals surface area (Å²) in [6.45, 7) is 4.47. The highest BCUT2D eigenvalue weighted by Gasteiger charge is 1.96. The molecule has 0 radical (unpaired) electrons. The molecule has 0 aromatic heterocycles. The Balaban J connectivity index is 2.61. The van der Waals surface area contributed by atoms with Gasteiger partial charge in [-0.2, -0.15) is 12.6 Å². The third-order valence-corrected chi connectivity index (χ3v) is 2.29. The summed E-state index contributed by atoms with van der Waals surface area (Å²) < 4.78 is 0. The van der Waals surface area contributed by atoms with Crippen LogP contribution in [0.25, 0.3) is 0 Å². The molecule has 15 heavy (non-hydrogen) atoms. The molecule has 1 aromatic carbocycles. The van der Waals surface area contributed by atoms with Crippen molar-refractivity contribution in [1.29, 1.82) is 0 Å². The van der Waals surface area contributed by atoms with E-state index >= 15 is 0 Å². The Morgan fingerprint density at radius 2 is 1.87 bits per heavy atom. The summed E-state index contributed by atoms with van der Waals surface area (Å²) in [6.07, 6.45) is 2.00. The van der Waals surface area contributed by atoms with Gasteiger partial charge in [0, 0.05) is 17.7 Å². The second-order valence-electron chi connectivity index (χ2n) is 4.07. The van der Waals surface area contributed by atoms with Gasteiger partial charge in [0.1, 0.15) is 0 Å². The number of thiol groups is 1. The van der Waals surface area contributed by atoms with Crippen molar-refractivity contribution < 1.29 is 0 Å². The maximum atomic E-state index is 4.12. The van der Waals surface area contributed by atoms with E-state index in [4.69, 9.17) is 0 Å². The number of hydrogen-bond acceptors (Lipinski definition) is 1. The van der Waals surface area contributed by atoms with Crippen LogP contribution in [0.2, 0.25) is 0 Å². The normalized spacial score (nSPS) is 9.87. The zero-order valence-corrected chi connectivity index (χ0v) is 10.3. The van der Waals surface area contributed by atoms with Crippen LogP contribution in [0.15, 0.2) is 24.3 Å². The molecule has 0 atom stereocenters. The fourth-order valence-corrected chi connectivity index (χ4v) is 1.53. The summed E-state index contributed by atoms with van der Waals surface area (Å²) in [6, 6.07) is 8.54. The molecular weight excluding hydrogens is 200 g/mol. The topological polar surface area (TPSA) is 0 Å². The van der Waals surface area contributed by atoms with Crippen LogP contribution < -0.4 is 0 Å². The number of benzene rings is 1. The third-order valence-electron chi connectivity index (χ3n) is 2.07. The average molecular weight is 218 g/mol. The second-order valence-corrected chi connectivity index (χ2v) is 4.52. The highest BCUT2D eigenvalue weighted by molar-refractivity contribution is 7.80. The minimum absolute atomic E-state index is 0.714. The molecule has 0 aliphatic heterocycles. The molecule has 0 nitrogen and oxygen atoms in total. The van der Waals surface area contributed by atoms with Gasteiger partial charge in [-0.15, -0.1) is 0 Å². The molecule has 0 saturated carbocycles. The highest BCUT2D eigenvalue weighted by atomic mass is 32.1. The molecule has 0 N–H and O–H groups in total. The molecule has 0 fully saturated rings. The van der Waals surface area contributed by atoms with E-state index < -0.39 is 0 Å². The van der Waals surface area contributed by atoms with Gasteiger partial charge in [-0.1, -0.05) is 37.8 Å². The van der Waals surface area contributed by atoms with Gasteiger partial charge in [-0.3, -0.25) is 0 Å². The maximum Gasteiger partial charge on any atom is 0.0245 e. The maximum absolute atomic E-state index is 4.12. The molecule has 0 aliphatic rings. The first kappa shape index (κ1) is 12.2. The van der Waals surface area contributed by atoms with Crippen LogP contribution in [0.1, 0.15) is 31.4 Å². The second kappa shape index (κ2) is 6.58. The first-order chi connectivity index (χ1) is 7.22. The van der Waals surface area contributed by atoms with Gasteiger partial charge in [0.05, 0.1) is 0 Å². The largest absolute Gasteiger partial charge is 0.178 e. The Hall–Kier alpha value is -0.870. The minimum atomic E-state index is 0.714. The van der Waals surface area contributed by atoms with Crippen molar-refractivity contribution in [2.75, 3.05) is 5.75 Å². The van der Waals surface area contributed by atoms with Crippen molar-refractivity contribution in [1.82, 2.24) is 0 Å². The minimum Gasteiger partial charge on any atom is -0.178 e. The van der Waals surface area contributed by atoms with E-state index in [1.807, 2.05) is 0 Å². The first-order valence-corrected chi connectivity index (χ1v) is 6.04. The van der Waals surface area contributed by atoms with Crippen LogP contribution in [-0.2, 0) is 6.42 Å². The third kappa shape index (κ3) is 4.95. The fourth-order valence-electron chi connectivity index (χ4n) is 1.42.